The molecule has 0 N–H and O–H groups in total. The van der Waals surface area contributed by atoms with Gasteiger partial charge in [-0.3, -0.25) is 0 Å². The van der Waals surface area contributed by atoms with Gasteiger partial charge in [0.25, 0.3) is 0 Å². The summed E-state index contributed by atoms with van der Waals surface area (Å²) in [6.45, 7) is 3.09. The Balaban J connectivity index is 0. The monoisotopic (exact) mass is 199 g/mol. The van der Waals surface area contributed by atoms with E-state index in [-0.39, 0.29) is 17.1 Å². The van der Waals surface area contributed by atoms with Crippen molar-refractivity contribution in [1.82, 2.24) is 0 Å². The smallest absolute Gasteiger partial charge is 0.811 e. The van der Waals surface area contributed by atoms with Crippen LogP contribution in [0.5, 0.6) is 0 Å². The summed E-state index contributed by atoms with van der Waals surface area (Å²) in [6.07, 6.45) is 0.407. The molecule has 0 aromatic heterocycles. The van der Waals surface area contributed by atoms with Crippen LogP contribution in [0, 0.1) is 0 Å². The van der Waals surface area contributed by atoms with Crippen LogP contribution in [0.4, 0.5) is 0 Å². The minimum absolute atomic E-state index is 0. The molecule has 0 spiro atoms. The quantitative estimate of drug-likeness (QED) is 0.453. The van der Waals surface area contributed by atoms with Crippen LogP contribution in [-0.4, -0.2) is 5.66 Å². The van der Waals surface area contributed by atoms with Crippen molar-refractivity contribution >= 4 is 7.60 Å². The first kappa shape index (κ1) is 12.4. The average molecular weight is 200 g/mol. The zero-order valence-electron chi connectivity index (χ0n) is 5.26. The first-order chi connectivity index (χ1) is 3.48. The zero-order chi connectivity index (χ0) is 6.78. The Kier molecular flexibility index (Phi) is 6.15. The molecule has 3 nitrogen and oxygen atoms in total. The summed E-state index contributed by atoms with van der Waals surface area (Å²) in [6, 6.07) is 0. The SMILES string of the molecule is CCC(C)P(=O)([O-])[O-].[Cu+2]. The third-order valence-corrected chi connectivity index (χ3v) is 2.58. The second-order valence-corrected chi connectivity index (χ2v) is 3.76. The summed E-state index contributed by atoms with van der Waals surface area (Å²) in [5, 5.41) is 0. The van der Waals surface area contributed by atoms with Gasteiger partial charge < -0.3 is 14.4 Å². The summed E-state index contributed by atoms with van der Waals surface area (Å²) in [4.78, 5) is 20.1. The average Bonchev–Trinajstić information content (AvgIpc) is 1.62. The van der Waals surface area contributed by atoms with E-state index in [0.29, 0.717) is 6.42 Å². The molecule has 0 aliphatic carbocycles. The molecule has 0 aromatic carbocycles. The molecule has 0 aromatic rings. The van der Waals surface area contributed by atoms with Gasteiger partial charge in [-0.15, -0.1) is 0 Å². The topological polar surface area (TPSA) is 63.2 Å². The standard InChI is InChI=1S/C4H11O3P.Cu/c1-3-4(2)8(5,6)7;/h4H,3H2,1-2H3,(H2,5,6,7);/q;+2/p-2. The van der Waals surface area contributed by atoms with Gasteiger partial charge in [0, 0.05) is 0 Å². The van der Waals surface area contributed by atoms with Gasteiger partial charge in [0.15, 0.2) is 0 Å². The predicted octanol–water partition coefficient (Wildman–Crippen LogP) is -0.304. The fourth-order valence-electron chi connectivity index (χ4n) is 0.224. The molecule has 1 atom stereocenters. The minimum atomic E-state index is -4.26. The molecule has 0 fully saturated rings. The number of hydrogen-bond acceptors (Lipinski definition) is 3. The maximum absolute atomic E-state index is 10.0. The summed E-state index contributed by atoms with van der Waals surface area (Å²) in [5.74, 6) is 0. The van der Waals surface area contributed by atoms with Gasteiger partial charge in [-0.1, -0.05) is 21.4 Å². The fraction of sp³-hybridized carbons (Fsp3) is 1.00. The van der Waals surface area contributed by atoms with Crippen molar-refractivity contribution in [2.45, 2.75) is 25.9 Å². The molecule has 0 aliphatic rings. The molecule has 1 unspecified atom stereocenters. The molecular weight excluding hydrogens is 191 g/mol. The molecule has 9 heavy (non-hydrogen) atoms. The van der Waals surface area contributed by atoms with Gasteiger partial charge in [0.05, 0.1) is 0 Å². The van der Waals surface area contributed by atoms with Crippen molar-refractivity contribution in [3.63, 3.8) is 0 Å². The van der Waals surface area contributed by atoms with Crippen molar-refractivity contribution in [1.29, 1.82) is 0 Å². The van der Waals surface area contributed by atoms with E-state index in [4.69, 9.17) is 0 Å². The molecule has 0 bridgehead atoms. The summed E-state index contributed by atoms with van der Waals surface area (Å²) < 4.78 is 10.0. The molecule has 0 heterocycles. The van der Waals surface area contributed by atoms with Crippen LogP contribution >= 0.6 is 7.60 Å². The van der Waals surface area contributed by atoms with Crippen LogP contribution in [0.15, 0.2) is 0 Å². The predicted molar refractivity (Wildman–Crippen MR) is 27.4 cm³/mol. The maximum Gasteiger partial charge on any atom is 2.00 e. The van der Waals surface area contributed by atoms with Crippen molar-refractivity contribution < 1.29 is 31.4 Å². The third-order valence-electron chi connectivity index (χ3n) is 1.13. The summed E-state index contributed by atoms with van der Waals surface area (Å²) >= 11 is 0. The van der Waals surface area contributed by atoms with Gasteiger partial charge in [0.2, 0.25) is 0 Å². The molecule has 1 radical (unpaired) electrons. The molecule has 0 saturated heterocycles. The molecule has 0 rings (SSSR count). The van der Waals surface area contributed by atoms with E-state index >= 15 is 0 Å². The van der Waals surface area contributed by atoms with Crippen molar-refractivity contribution in [3.8, 4) is 0 Å². The molecule has 0 saturated carbocycles. The van der Waals surface area contributed by atoms with Gasteiger partial charge in [-0.2, -0.15) is 0 Å². The summed E-state index contributed by atoms with van der Waals surface area (Å²) in [5.41, 5.74) is -0.706. The van der Waals surface area contributed by atoms with Gasteiger partial charge in [-0.25, -0.2) is 0 Å². The molecule has 0 amide bonds. The zero-order valence-corrected chi connectivity index (χ0v) is 7.09. The van der Waals surface area contributed by atoms with Crippen LogP contribution in [0.2, 0.25) is 0 Å². The molecule has 5 heteroatoms. The van der Waals surface area contributed by atoms with E-state index in [9.17, 15) is 14.4 Å². The van der Waals surface area contributed by atoms with Crippen molar-refractivity contribution in [3.05, 3.63) is 0 Å². The fourth-order valence-corrected chi connectivity index (χ4v) is 0.671. The van der Waals surface area contributed by atoms with Crippen molar-refractivity contribution in [2.75, 3.05) is 0 Å². The van der Waals surface area contributed by atoms with Gasteiger partial charge in [-0.05, 0) is 12.1 Å². The van der Waals surface area contributed by atoms with Crippen molar-refractivity contribution in [2.24, 2.45) is 0 Å². The van der Waals surface area contributed by atoms with Crippen LogP contribution in [0.1, 0.15) is 20.3 Å². The number of rotatable bonds is 2. The van der Waals surface area contributed by atoms with Gasteiger partial charge >= 0.3 is 17.1 Å². The van der Waals surface area contributed by atoms with E-state index in [1.165, 1.54) is 6.92 Å². The Morgan fingerprint density at radius 3 is 1.89 bits per heavy atom. The van der Waals surface area contributed by atoms with Crippen LogP contribution < -0.4 is 9.79 Å². The molecule has 0 aliphatic heterocycles. The maximum atomic E-state index is 10.0. The summed E-state index contributed by atoms with van der Waals surface area (Å²) in [7, 11) is -4.26. The molecule has 59 valence electrons. The van der Waals surface area contributed by atoms with E-state index in [2.05, 4.69) is 0 Å². The van der Waals surface area contributed by atoms with Crippen LogP contribution in [0.25, 0.3) is 0 Å². The van der Waals surface area contributed by atoms with Crippen LogP contribution in [0.3, 0.4) is 0 Å². The second-order valence-electron chi connectivity index (χ2n) is 1.80. The van der Waals surface area contributed by atoms with E-state index in [0.717, 1.165) is 0 Å². The number of hydrogen-bond donors (Lipinski definition) is 0. The Morgan fingerprint density at radius 2 is 1.89 bits per heavy atom. The first-order valence-electron chi connectivity index (χ1n) is 2.50. The third kappa shape index (κ3) is 5.13. The van der Waals surface area contributed by atoms with E-state index < -0.39 is 13.3 Å². The normalized spacial score (nSPS) is 14.2. The molecular formula is C4H9CuO3P. The Morgan fingerprint density at radius 1 is 1.56 bits per heavy atom. The van der Waals surface area contributed by atoms with Gasteiger partial charge in [0.1, 0.15) is 0 Å². The minimum Gasteiger partial charge on any atom is -0.811 e. The van der Waals surface area contributed by atoms with Crippen LogP contribution in [-0.2, 0) is 21.6 Å². The second kappa shape index (κ2) is 4.48. The van der Waals surface area contributed by atoms with E-state index in [1.54, 1.807) is 6.92 Å². The Labute approximate surface area is 65.5 Å². The van der Waals surface area contributed by atoms with E-state index in [1.807, 2.05) is 0 Å². The Bertz CT molecular complexity index is 110. The first-order valence-corrected chi connectivity index (χ1v) is 4.11. The Hall–Kier alpha value is 0.669. The largest absolute Gasteiger partial charge is 2.00 e.